The number of imidazole rings is 1. The highest BCUT2D eigenvalue weighted by Gasteiger charge is 2.25. The Bertz CT molecular complexity index is 1360. The van der Waals surface area contributed by atoms with Gasteiger partial charge in [-0.1, -0.05) is 18.2 Å². The number of aromatic amines is 1. The molecule has 1 N–H and O–H groups in total. The fourth-order valence-corrected chi connectivity index (χ4v) is 4.07. The largest absolute Gasteiger partial charge is 0.497 e. The zero-order chi connectivity index (χ0) is 20.1. The van der Waals surface area contributed by atoms with Gasteiger partial charge in [0.2, 0.25) is 0 Å². The van der Waals surface area contributed by atoms with Crippen molar-refractivity contribution in [3.8, 4) is 39.6 Å². The van der Waals surface area contributed by atoms with E-state index in [0.29, 0.717) is 6.42 Å². The maximum atomic E-state index is 5.45. The lowest BCUT2D eigenvalue weighted by molar-refractivity contribution is 0.415. The zero-order valence-corrected chi connectivity index (χ0v) is 16.3. The predicted octanol–water partition coefficient (Wildman–Crippen LogP) is 4.03. The van der Waals surface area contributed by atoms with Gasteiger partial charge in [0.05, 0.1) is 48.0 Å². The molecule has 6 rings (SSSR count). The molecule has 0 amide bonds. The molecule has 30 heavy (non-hydrogen) atoms. The van der Waals surface area contributed by atoms with Gasteiger partial charge in [-0.3, -0.25) is 5.10 Å². The van der Waals surface area contributed by atoms with Crippen molar-refractivity contribution in [1.29, 1.82) is 0 Å². The quantitative estimate of drug-likeness (QED) is 0.492. The van der Waals surface area contributed by atoms with Gasteiger partial charge in [-0.25, -0.2) is 9.67 Å². The first-order chi connectivity index (χ1) is 14.8. The first-order valence-electron chi connectivity index (χ1n) is 9.69. The van der Waals surface area contributed by atoms with Gasteiger partial charge in [0.15, 0.2) is 0 Å². The Kier molecular flexibility index (Phi) is 3.61. The smallest absolute Gasteiger partial charge is 0.119 e. The van der Waals surface area contributed by atoms with E-state index in [1.165, 1.54) is 0 Å². The van der Waals surface area contributed by atoms with Crippen molar-refractivity contribution in [2.75, 3.05) is 7.11 Å². The summed E-state index contributed by atoms with van der Waals surface area (Å²) in [6.07, 6.45) is 8.38. The molecule has 0 unspecified atom stereocenters. The molecule has 0 spiro atoms. The molecule has 0 saturated carbocycles. The number of fused-ring (bicyclic) bond motifs is 5. The second kappa shape index (κ2) is 6.45. The van der Waals surface area contributed by atoms with Crippen LogP contribution < -0.4 is 4.74 Å². The molecule has 7 heteroatoms. The van der Waals surface area contributed by atoms with Crippen molar-refractivity contribution in [1.82, 2.24) is 29.5 Å². The molecule has 146 valence electrons. The molecule has 2 aromatic carbocycles. The van der Waals surface area contributed by atoms with Crippen LogP contribution in [0.4, 0.5) is 0 Å². The Hall–Kier alpha value is -4.13. The Balaban J connectivity index is 1.52. The Morgan fingerprint density at radius 1 is 1.07 bits per heavy atom. The first-order valence-corrected chi connectivity index (χ1v) is 9.69. The molecule has 0 bridgehead atoms. The standard InChI is InChI=1S/C23H18N6O/c1-30-18-7-8-20-19(10-18)22-15(11-25-27-22)9-21-23(24-14-28(20)21)16-12-26-29(13-16)17-5-3-2-4-6-17/h2-8,10-14H,9H2,1H3,(H,25,27). The average molecular weight is 394 g/mol. The number of ether oxygens (including phenoxy) is 1. The van der Waals surface area contributed by atoms with Gasteiger partial charge in [-0.15, -0.1) is 0 Å². The van der Waals surface area contributed by atoms with E-state index in [-0.39, 0.29) is 0 Å². The third-order valence-corrected chi connectivity index (χ3v) is 5.55. The zero-order valence-electron chi connectivity index (χ0n) is 16.3. The molecule has 0 aliphatic carbocycles. The van der Waals surface area contributed by atoms with Gasteiger partial charge in [0.1, 0.15) is 12.1 Å². The number of methoxy groups -OCH3 is 1. The predicted molar refractivity (Wildman–Crippen MR) is 113 cm³/mol. The molecular weight excluding hydrogens is 376 g/mol. The summed E-state index contributed by atoms with van der Waals surface area (Å²) in [6, 6.07) is 16.1. The summed E-state index contributed by atoms with van der Waals surface area (Å²) in [5, 5.41) is 12.0. The van der Waals surface area contributed by atoms with Gasteiger partial charge in [-0.2, -0.15) is 10.2 Å². The summed E-state index contributed by atoms with van der Waals surface area (Å²) in [5.41, 5.74) is 8.26. The number of para-hydroxylation sites is 1. The lowest BCUT2D eigenvalue weighted by Gasteiger charge is -2.11. The molecular formula is C23H18N6O. The number of H-pyrrole nitrogens is 1. The fraction of sp³-hybridized carbons (Fsp3) is 0.0870. The summed E-state index contributed by atoms with van der Waals surface area (Å²) in [4.78, 5) is 4.76. The minimum atomic E-state index is 0.717. The van der Waals surface area contributed by atoms with Crippen LogP contribution in [-0.2, 0) is 6.42 Å². The monoisotopic (exact) mass is 394 g/mol. The van der Waals surface area contributed by atoms with Crippen LogP contribution in [0.5, 0.6) is 5.75 Å². The van der Waals surface area contributed by atoms with Crippen LogP contribution in [0.1, 0.15) is 11.3 Å². The molecule has 1 aliphatic heterocycles. The van der Waals surface area contributed by atoms with Crippen molar-refractivity contribution >= 4 is 0 Å². The molecule has 5 aromatic rings. The normalized spacial score (nSPS) is 12.0. The molecule has 3 aromatic heterocycles. The molecule has 7 nitrogen and oxygen atoms in total. The van der Waals surface area contributed by atoms with Crippen LogP contribution >= 0.6 is 0 Å². The first kappa shape index (κ1) is 16.8. The summed E-state index contributed by atoms with van der Waals surface area (Å²) < 4.78 is 9.48. The summed E-state index contributed by atoms with van der Waals surface area (Å²) in [5.74, 6) is 0.808. The summed E-state index contributed by atoms with van der Waals surface area (Å²) in [7, 11) is 1.68. The second-order valence-corrected chi connectivity index (χ2v) is 7.25. The average Bonchev–Trinajstić information content (AvgIpc) is 3.53. The van der Waals surface area contributed by atoms with Crippen molar-refractivity contribution < 1.29 is 4.74 Å². The number of benzene rings is 2. The van der Waals surface area contributed by atoms with Crippen LogP contribution in [0.15, 0.2) is 73.4 Å². The number of aromatic nitrogens is 6. The van der Waals surface area contributed by atoms with E-state index >= 15 is 0 Å². The lowest BCUT2D eigenvalue weighted by atomic mass is 10.0. The Morgan fingerprint density at radius 3 is 2.83 bits per heavy atom. The van der Waals surface area contributed by atoms with E-state index < -0.39 is 0 Å². The SMILES string of the molecule is COc1ccc2c(c1)-c1[nH]ncc1Cc1c(-c3cnn(-c4ccccc4)c3)ncn1-2. The van der Waals surface area contributed by atoms with Crippen LogP contribution in [0.2, 0.25) is 0 Å². The van der Waals surface area contributed by atoms with E-state index in [0.717, 1.165) is 50.9 Å². The third-order valence-electron chi connectivity index (χ3n) is 5.55. The van der Waals surface area contributed by atoms with Crippen molar-refractivity contribution in [2.24, 2.45) is 0 Å². The maximum Gasteiger partial charge on any atom is 0.119 e. The molecule has 0 radical (unpaired) electrons. The van der Waals surface area contributed by atoms with E-state index in [2.05, 4.69) is 25.9 Å². The highest BCUT2D eigenvalue weighted by atomic mass is 16.5. The third kappa shape index (κ3) is 2.49. The summed E-state index contributed by atoms with van der Waals surface area (Å²) >= 11 is 0. The van der Waals surface area contributed by atoms with Gasteiger partial charge >= 0.3 is 0 Å². The number of hydrogen-bond donors (Lipinski definition) is 1. The highest BCUT2D eigenvalue weighted by Crippen LogP contribution is 2.38. The minimum absolute atomic E-state index is 0.717. The van der Waals surface area contributed by atoms with Crippen molar-refractivity contribution in [3.05, 3.63) is 84.7 Å². The maximum absolute atomic E-state index is 5.45. The van der Waals surface area contributed by atoms with Crippen molar-refractivity contribution in [2.45, 2.75) is 6.42 Å². The number of nitrogens with zero attached hydrogens (tertiary/aromatic N) is 5. The highest BCUT2D eigenvalue weighted by molar-refractivity contribution is 5.77. The second-order valence-electron chi connectivity index (χ2n) is 7.25. The molecule has 0 fully saturated rings. The fourth-order valence-electron chi connectivity index (χ4n) is 4.07. The Labute approximate surface area is 172 Å². The van der Waals surface area contributed by atoms with E-state index in [1.807, 2.05) is 72.1 Å². The van der Waals surface area contributed by atoms with Gasteiger partial charge in [0, 0.05) is 29.3 Å². The Morgan fingerprint density at radius 2 is 1.97 bits per heavy atom. The van der Waals surface area contributed by atoms with E-state index in [4.69, 9.17) is 9.72 Å². The van der Waals surface area contributed by atoms with Crippen LogP contribution in [0.25, 0.3) is 33.9 Å². The molecule has 4 heterocycles. The molecule has 0 saturated heterocycles. The topological polar surface area (TPSA) is 73.6 Å². The number of hydrogen-bond acceptors (Lipinski definition) is 4. The van der Waals surface area contributed by atoms with Gasteiger partial charge in [0.25, 0.3) is 0 Å². The van der Waals surface area contributed by atoms with E-state index in [9.17, 15) is 0 Å². The van der Waals surface area contributed by atoms with Crippen LogP contribution in [0.3, 0.4) is 0 Å². The number of rotatable bonds is 3. The minimum Gasteiger partial charge on any atom is -0.497 e. The van der Waals surface area contributed by atoms with Crippen LogP contribution in [-0.4, -0.2) is 36.6 Å². The number of nitrogens with one attached hydrogen (secondary N) is 1. The lowest BCUT2D eigenvalue weighted by Crippen LogP contribution is -2.00. The molecule has 0 atom stereocenters. The van der Waals surface area contributed by atoms with Gasteiger partial charge in [-0.05, 0) is 30.3 Å². The van der Waals surface area contributed by atoms with Crippen LogP contribution in [0, 0.1) is 0 Å². The van der Waals surface area contributed by atoms with E-state index in [1.54, 1.807) is 7.11 Å². The van der Waals surface area contributed by atoms with Gasteiger partial charge < -0.3 is 9.30 Å². The molecule has 1 aliphatic rings. The van der Waals surface area contributed by atoms with Crippen molar-refractivity contribution in [3.63, 3.8) is 0 Å². The summed E-state index contributed by atoms with van der Waals surface area (Å²) in [6.45, 7) is 0.